The number of hydrogen-bond donors (Lipinski definition) is 1. The Morgan fingerprint density at radius 2 is 2.05 bits per heavy atom. The second-order valence-corrected chi connectivity index (χ2v) is 6.97. The molecule has 2 atom stereocenters. The molecule has 0 amide bonds. The molecule has 3 heteroatoms. The molecular formula is C18H24N2O. The first-order valence-corrected chi connectivity index (χ1v) is 7.73. The molecule has 1 aromatic heterocycles. The number of aliphatic hydroxyl groups is 1. The van der Waals surface area contributed by atoms with Gasteiger partial charge in [0.15, 0.2) is 0 Å². The zero-order valence-electron chi connectivity index (χ0n) is 12.9. The van der Waals surface area contributed by atoms with Crippen LogP contribution >= 0.6 is 0 Å². The van der Waals surface area contributed by atoms with Crippen LogP contribution < -0.4 is 0 Å². The fourth-order valence-corrected chi connectivity index (χ4v) is 3.71. The molecule has 1 aliphatic rings. The second kappa shape index (κ2) is 5.30. The molecule has 2 unspecified atom stereocenters. The van der Waals surface area contributed by atoms with Crippen molar-refractivity contribution in [2.75, 3.05) is 0 Å². The van der Waals surface area contributed by atoms with Crippen LogP contribution in [0.1, 0.15) is 32.3 Å². The number of hydrogen-bond acceptors (Lipinski definition) is 2. The highest BCUT2D eigenvalue weighted by molar-refractivity contribution is 5.18. The van der Waals surface area contributed by atoms with Crippen LogP contribution in [0.25, 0.3) is 0 Å². The van der Waals surface area contributed by atoms with Gasteiger partial charge in [0, 0.05) is 12.4 Å². The van der Waals surface area contributed by atoms with E-state index in [1.165, 1.54) is 5.56 Å². The SMILES string of the molecule is CC1(C)CCC(Cc2ccccc2)C1(O)Cn1ccnc1. The monoisotopic (exact) mass is 284 g/mol. The fraction of sp³-hybridized carbons (Fsp3) is 0.500. The third kappa shape index (κ3) is 2.62. The first-order valence-electron chi connectivity index (χ1n) is 7.73. The Kier molecular flexibility index (Phi) is 3.62. The van der Waals surface area contributed by atoms with Crippen LogP contribution in [0.15, 0.2) is 49.1 Å². The summed E-state index contributed by atoms with van der Waals surface area (Å²) in [7, 11) is 0. The average Bonchev–Trinajstić information content (AvgIpc) is 3.03. The Bertz CT molecular complexity index is 577. The van der Waals surface area contributed by atoms with E-state index in [0.717, 1.165) is 19.3 Å². The molecule has 1 N–H and O–H groups in total. The lowest BCUT2D eigenvalue weighted by molar-refractivity contribution is -0.0885. The fourth-order valence-electron chi connectivity index (χ4n) is 3.71. The molecule has 112 valence electrons. The lowest BCUT2D eigenvalue weighted by Crippen LogP contribution is -2.49. The minimum atomic E-state index is -0.691. The lowest BCUT2D eigenvalue weighted by Gasteiger charge is -2.41. The molecule has 0 aliphatic heterocycles. The normalized spacial score (nSPS) is 27.9. The maximum absolute atomic E-state index is 11.5. The number of imidazole rings is 1. The molecule has 0 saturated heterocycles. The van der Waals surface area contributed by atoms with Crippen molar-refractivity contribution in [3.8, 4) is 0 Å². The zero-order chi connectivity index (χ0) is 14.9. The minimum absolute atomic E-state index is 0.0727. The molecule has 0 radical (unpaired) electrons. The second-order valence-electron chi connectivity index (χ2n) is 6.97. The Morgan fingerprint density at radius 3 is 2.71 bits per heavy atom. The van der Waals surface area contributed by atoms with Gasteiger partial charge in [-0.2, -0.15) is 0 Å². The third-order valence-corrected chi connectivity index (χ3v) is 5.27. The molecule has 3 nitrogen and oxygen atoms in total. The highest BCUT2D eigenvalue weighted by Gasteiger charge is 2.53. The molecular weight excluding hydrogens is 260 g/mol. The predicted octanol–water partition coefficient (Wildman–Crippen LogP) is 3.29. The molecule has 1 heterocycles. The first kappa shape index (κ1) is 14.3. The summed E-state index contributed by atoms with van der Waals surface area (Å²) in [5.74, 6) is 0.289. The number of aromatic nitrogens is 2. The Morgan fingerprint density at radius 1 is 1.29 bits per heavy atom. The van der Waals surface area contributed by atoms with Gasteiger partial charge in [-0.05, 0) is 36.2 Å². The van der Waals surface area contributed by atoms with E-state index in [4.69, 9.17) is 0 Å². The molecule has 1 aromatic carbocycles. The quantitative estimate of drug-likeness (QED) is 0.935. The largest absolute Gasteiger partial charge is 0.387 e. The van der Waals surface area contributed by atoms with Crippen LogP contribution in [0.4, 0.5) is 0 Å². The lowest BCUT2D eigenvalue weighted by atomic mass is 9.72. The maximum Gasteiger partial charge on any atom is 0.0946 e. The van der Waals surface area contributed by atoms with E-state index in [2.05, 4.69) is 43.1 Å². The highest BCUT2D eigenvalue weighted by Crippen LogP contribution is 2.51. The van der Waals surface area contributed by atoms with Crippen molar-refractivity contribution in [3.63, 3.8) is 0 Å². The van der Waals surface area contributed by atoms with Crippen molar-refractivity contribution in [1.82, 2.24) is 9.55 Å². The van der Waals surface area contributed by atoms with E-state index in [0.29, 0.717) is 6.54 Å². The van der Waals surface area contributed by atoms with Gasteiger partial charge in [-0.1, -0.05) is 44.2 Å². The number of rotatable bonds is 4. The summed E-state index contributed by atoms with van der Waals surface area (Å²) >= 11 is 0. The van der Waals surface area contributed by atoms with Crippen molar-refractivity contribution in [3.05, 3.63) is 54.6 Å². The van der Waals surface area contributed by atoms with Crippen LogP contribution in [0.2, 0.25) is 0 Å². The van der Waals surface area contributed by atoms with Crippen molar-refractivity contribution in [2.45, 2.75) is 45.3 Å². The van der Waals surface area contributed by atoms with Crippen LogP contribution in [0.5, 0.6) is 0 Å². The topological polar surface area (TPSA) is 38.0 Å². The van der Waals surface area contributed by atoms with E-state index >= 15 is 0 Å². The van der Waals surface area contributed by atoms with Gasteiger partial charge in [-0.25, -0.2) is 4.98 Å². The summed E-state index contributed by atoms with van der Waals surface area (Å²) in [5, 5.41) is 11.5. The summed E-state index contributed by atoms with van der Waals surface area (Å²) in [6.45, 7) is 5.00. The van der Waals surface area contributed by atoms with E-state index in [9.17, 15) is 5.11 Å². The van der Waals surface area contributed by atoms with Crippen molar-refractivity contribution in [1.29, 1.82) is 0 Å². The van der Waals surface area contributed by atoms with Crippen LogP contribution in [0.3, 0.4) is 0 Å². The van der Waals surface area contributed by atoms with Gasteiger partial charge in [0.1, 0.15) is 0 Å². The van der Waals surface area contributed by atoms with E-state index < -0.39 is 5.60 Å². The van der Waals surface area contributed by atoms with Gasteiger partial charge >= 0.3 is 0 Å². The summed E-state index contributed by atoms with van der Waals surface area (Å²) in [4.78, 5) is 4.10. The molecule has 1 saturated carbocycles. The van der Waals surface area contributed by atoms with Crippen LogP contribution in [-0.4, -0.2) is 20.3 Å². The van der Waals surface area contributed by atoms with E-state index in [-0.39, 0.29) is 11.3 Å². The van der Waals surface area contributed by atoms with Crippen molar-refractivity contribution >= 4 is 0 Å². The summed E-state index contributed by atoms with van der Waals surface area (Å²) in [6, 6.07) is 10.5. The molecule has 0 bridgehead atoms. The van der Waals surface area contributed by atoms with Crippen molar-refractivity contribution in [2.24, 2.45) is 11.3 Å². The van der Waals surface area contributed by atoms with Crippen LogP contribution in [0, 0.1) is 11.3 Å². The molecule has 1 fully saturated rings. The minimum Gasteiger partial charge on any atom is -0.387 e. The standard InChI is InChI=1S/C18H24N2O/c1-17(2)9-8-16(12-15-6-4-3-5-7-15)18(17,21)13-20-11-10-19-14-20/h3-7,10-11,14,16,21H,8-9,12-13H2,1-2H3. The van der Waals surface area contributed by atoms with Gasteiger partial charge in [0.05, 0.1) is 18.5 Å². The van der Waals surface area contributed by atoms with Gasteiger partial charge in [-0.3, -0.25) is 0 Å². The predicted molar refractivity (Wildman–Crippen MR) is 83.8 cm³/mol. The van der Waals surface area contributed by atoms with Gasteiger partial charge in [-0.15, -0.1) is 0 Å². The van der Waals surface area contributed by atoms with E-state index in [1.807, 2.05) is 16.8 Å². The highest BCUT2D eigenvalue weighted by atomic mass is 16.3. The smallest absolute Gasteiger partial charge is 0.0946 e. The van der Waals surface area contributed by atoms with Gasteiger partial charge in [0.25, 0.3) is 0 Å². The van der Waals surface area contributed by atoms with Gasteiger partial charge in [0.2, 0.25) is 0 Å². The Balaban J connectivity index is 1.85. The zero-order valence-corrected chi connectivity index (χ0v) is 12.9. The van der Waals surface area contributed by atoms with E-state index in [1.54, 1.807) is 12.5 Å². The van der Waals surface area contributed by atoms with Crippen LogP contribution in [-0.2, 0) is 13.0 Å². The maximum atomic E-state index is 11.5. The molecule has 1 aliphatic carbocycles. The van der Waals surface area contributed by atoms with Gasteiger partial charge < -0.3 is 9.67 Å². The third-order valence-electron chi connectivity index (χ3n) is 5.27. The summed E-state index contributed by atoms with van der Waals surface area (Å²) in [6.07, 6.45) is 8.59. The molecule has 21 heavy (non-hydrogen) atoms. The molecule has 2 aromatic rings. The molecule has 3 rings (SSSR count). The Labute approximate surface area is 126 Å². The first-order chi connectivity index (χ1) is 10.0. The van der Waals surface area contributed by atoms with Crippen molar-refractivity contribution < 1.29 is 5.11 Å². The number of nitrogens with zero attached hydrogens (tertiary/aromatic N) is 2. The Hall–Kier alpha value is -1.61. The summed E-state index contributed by atoms with van der Waals surface area (Å²) < 4.78 is 2.01. The number of benzene rings is 1. The molecule has 0 spiro atoms. The average molecular weight is 284 g/mol. The summed E-state index contributed by atoms with van der Waals surface area (Å²) in [5.41, 5.74) is 0.546.